The van der Waals surface area contributed by atoms with Crippen LogP contribution in [0.15, 0.2) is 57.9 Å². The molecule has 0 bridgehead atoms. The SMILES string of the molecule is CCCN(Cc1cc(-c2cc(C)ccc2C)on1)S(=O)(=O)c1ccc(C)cc1. The first-order valence-corrected chi connectivity index (χ1v) is 10.9. The van der Waals surface area contributed by atoms with Crippen molar-refractivity contribution in [2.24, 2.45) is 0 Å². The Bertz CT molecular complexity index is 1050. The number of rotatable bonds is 7. The molecule has 0 radical (unpaired) electrons. The zero-order valence-corrected chi connectivity index (χ0v) is 17.6. The molecule has 0 aliphatic heterocycles. The molecule has 28 heavy (non-hydrogen) atoms. The topological polar surface area (TPSA) is 63.4 Å². The molecule has 0 unspecified atom stereocenters. The minimum absolute atomic E-state index is 0.179. The highest BCUT2D eigenvalue weighted by atomic mass is 32.2. The van der Waals surface area contributed by atoms with Crippen LogP contribution in [0.3, 0.4) is 0 Å². The van der Waals surface area contributed by atoms with Crippen LogP contribution in [0.2, 0.25) is 0 Å². The van der Waals surface area contributed by atoms with Crippen molar-refractivity contribution in [1.29, 1.82) is 0 Å². The number of aryl methyl sites for hydroxylation is 3. The number of benzene rings is 2. The lowest BCUT2D eigenvalue weighted by atomic mass is 10.0. The van der Waals surface area contributed by atoms with Crippen LogP contribution in [-0.4, -0.2) is 24.4 Å². The molecule has 0 fully saturated rings. The summed E-state index contributed by atoms with van der Waals surface area (Å²) in [5.41, 5.74) is 4.82. The first-order valence-electron chi connectivity index (χ1n) is 9.41. The van der Waals surface area contributed by atoms with E-state index in [1.807, 2.05) is 64.1 Å². The summed E-state index contributed by atoms with van der Waals surface area (Å²) in [5.74, 6) is 0.653. The lowest BCUT2D eigenvalue weighted by Crippen LogP contribution is -2.31. The third-order valence-corrected chi connectivity index (χ3v) is 6.55. The summed E-state index contributed by atoms with van der Waals surface area (Å²) in [7, 11) is -3.60. The maximum Gasteiger partial charge on any atom is 0.243 e. The van der Waals surface area contributed by atoms with Crippen LogP contribution in [0, 0.1) is 20.8 Å². The Hall–Kier alpha value is -2.44. The third kappa shape index (κ3) is 4.34. The molecule has 1 aromatic heterocycles. The van der Waals surface area contributed by atoms with Gasteiger partial charge in [0.2, 0.25) is 10.0 Å². The number of hydrogen-bond donors (Lipinski definition) is 0. The molecule has 0 atom stereocenters. The average molecular weight is 399 g/mol. The van der Waals surface area contributed by atoms with E-state index in [1.54, 1.807) is 12.1 Å². The van der Waals surface area contributed by atoms with Crippen molar-refractivity contribution in [2.75, 3.05) is 6.54 Å². The summed E-state index contributed by atoms with van der Waals surface area (Å²) in [4.78, 5) is 0.296. The third-order valence-electron chi connectivity index (χ3n) is 4.69. The normalized spacial score (nSPS) is 11.9. The minimum Gasteiger partial charge on any atom is -0.356 e. The molecule has 0 N–H and O–H groups in total. The predicted molar refractivity (Wildman–Crippen MR) is 110 cm³/mol. The maximum atomic E-state index is 13.1. The largest absolute Gasteiger partial charge is 0.356 e. The Labute approximate surface area is 167 Å². The van der Waals surface area contributed by atoms with Crippen LogP contribution in [-0.2, 0) is 16.6 Å². The van der Waals surface area contributed by atoms with E-state index in [2.05, 4.69) is 5.16 Å². The van der Waals surface area contributed by atoms with Gasteiger partial charge in [0.15, 0.2) is 5.76 Å². The standard InChI is InChI=1S/C22H26N2O3S/c1-5-12-24(28(25,26)20-10-7-16(2)8-11-20)15-19-14-22(27-23-19)21-13-17(3)6-9-18(21)4/h6-11,13-14H,5,12,15H2,1-4H3. The number of hydrogen-bond acceptors (Lipinski definition) is 4. The first kappa shape index (κ1) is 20.3. The molecule has 0 amide bonds. The molecular formula is C22H26N2O3S. The quantitative estimate of drug-likeness (QED) is 0.570. The second-order valence-corrected chi connectivity index (χ2v) is 9.09. The average Bonchev–Trinajstić information content (AvgIpc) is 3.12. The molecule has 0 spiro atoms. The highest BCUT2D eigenvalue weighted by Gasteiger charge is 2.25. The van der Waals surface area contributed by atoms with Crippen LogP contribution in [0.5, 0.6) is 0 Å². The van der Waals surface area contributed by atoms with Crippen molar-refractivity contribution in [3.8, 4) is 11.3 Å². The molecule has 0 aliphatic rings. The molecule has 6 heteroatoms. The van der Waals surface area contributed by atoms with Crippen molar-refractivity contribution in [3.63, 3.8) is 0 Å². The smallest absolute Gasteiger partial charge is 0.243 e. The predicted octanol–water partition coefficient (Wildman–Crippen LogP) is 4.87. The molecule has 3 rings (SSSR count). The van der Waals surface area contributed by atoms with Crippen LogP contribution < -0.4 is 0 Å². The lowest BCUT2D eigenvalue weighted by Gasteiger charge is -2.20. The number of nitrogens with zero attached hydrogens (tertiary/aromatic N) is 2. The Morgan fingerprint density at radius 2 is 1.64 bits per heavy atom. The van der Waals surface area contributed by atoms with Gasteiger partial charge >= 0.3 is 0 Å². The minimum atomic E-state index is -3.60. The maximum absolute atomic E-state index is 13.1. The van der Waals surface area contributed by atoms with E-state index in [-0.39, 0.29) is 6.54 Å². The van der Waals surface area contributed by atoms with Crippen molar-refractivity contribution in [3.05, 3.63) is 70.9 Å². The number of aromatic nitrogens is 1. The van der Waals surface area contributed by atoms with Gasteiger partial charge in [-0.25, -0.2) is 8.42 Å². The number of sulfonamides is 1. The van der Waals surface area contributed by atoms with E-state index < -0.39 is 10.0 Å². The van der Waals surface area contributed by atoms with Gasteiger partial charge in [0.05, 0.1) is 17.1 Å². The van der Waals surface area contributed by atoms with Gasteiger partial charge in [-0.15, -0.1) is 0 Å². The van der Waals surface area contributed by atoms with E-state index in [0.29, 0.717) is 29.3 Å². The molecule has 2 aromatic carbocycles. The van der Waals surface area contributed by atoms with E-state index in [1.165, 1.54) is 4.31 Å². The van der Waals surface area contributed by atoms with Crippen LogP contribution >= 0.6 is 0 Å². The molecule has 148 valence electrons. The fraction of sp³-hybridized carbons (Fsp3) is 0.318. The lowest BCUT2D eigenvalue weighted by molar-refractivity contribution is 0.375. The zero-order valence-electron chi connectivity index (χ0n) is 16.8. The summed E-state index contributed by atoms with van der Waals surface area (Å²) in [5, 5.41) is 4.13. The van der Waals surface area contributed by atoms with E-state index in [0.717, 1.165) is 22.3 Å². The van der Waals surface area contributed by atoms with Crippen molar-refractivity contribution in [1.82, 2.24) is 9.46 Å². The van der Waals surface area contributed by atoms with Gasteiger partial charge in [-0.2, -0.15) is 4.31 Å². The van der Waals surface area contributed by atoms with Gasteiger partial charge in [-0.1, -0.05) is 47.5 Å². The second kappa shape index (κ2) is 8.29. The monoisotopic (exact) mass is 398 g/mol. The molecular weight excluding hydrogens is 372 g/mol. The van der Waals surface area contributed by atoms with Gasteiger partial charge in [0.25, 0.3) is 0 Å². The molecule has 0 aliphatic carbocycles. The molecule has 0 saturated heterocycles. The molecule has 5 nitrogen and oxygen atoms in total. The molecule has 0 saturated carbocycles. The fourth-order valence-electron chi connectivity index (χ4n) is 3.09. The second-order valence-electron chi connectivity index (χ2n) is 7.15. The Morgan fingerprint density at radius 1 is 0.964 bits per heavy atom. The molecule has 1 heterocycles. The summed E-state index contributed by atoms with van der Waals surface area (Å²) >= 11 is 0. The zero-order chi connectivity index (χ0) is 20.3. The van der Waals surface area contributed by atoms with Gasteiger partial charge in [0, 0.05) is 18.2 Å². The summed E-state index contributed by atoms with van der Waals surface area (Å²) < 4.78 is 33.2. The van der Waals surface area contributed by atoms with Gasteiger partial charge in [0.1, 0.15) is 0 Å². The van der Waals surface area contributed by atoms with Crippen LogP contribution in [0.1, 0.15) is 35.7 Å². The Kier molecular flexibility index (Phi) is 6.01. The van der Waals surface area contributed by atoms with Gasteiger partial charge < -0.3 is 4.52 Å². The summed E-state index contributed by atoms with van der Waals surface area (Å²) in [6.45, 7) is 8.53. The first-order chi connectivity index (χ1) is 13.3. The van der Waals surface area contributed by atoms with E-state index in [9.17, 15) is 8.42 Å². The van der Waals surface area contributed by atoms with Crippen LogP contribution in [0.25, 0.3) is 11.3 Å². The highest BCUT2D eigenvalue weighted by molar-refractivity contribution is 7.89. The van der Waals surface area contributed by atoms with E-state index >= 15 is 0 Å². The van der Waals surface area contributed by atoms with Gasteiger partial charge in [-0.3, -0.25) is 0 Å². The Morgan fingerprint density at radius 3 is 2.32 bits per heavy atom. The van der Waals surface area contributed by atoms with Gasteiger partial charge in [-0.05, 0) is 51.0 Å². The van der Waals surface area contributed by atoms with Crippen molar-refractivity contribution in [2.45, 2.75) is 45.6 Å². The van der Waals surface area contributed by atoms with Crippen molar-refractivity contribution < 1.29 is 12.9 Å². The molecule has 3 aromatic rings. The van der Waals surface area contributed by atoms with E-state index in [4.69, 9.17) is 4.52 Å². The Balaban J connectivity index is 1.88. The van der Waals surface area contributed by atoms with Crippen molar-refractivity contribution >= 4 is 10.0 Å². The summed E-state index contributed by atoms with van der Waals surface area (Å²) in [6.07, 6.45) is 0.715. The summed E-state index contributed by atoms with van der Waals surface area (Å²) in [6, 6.07) is 14.9. The van der Waals surface area contributed by atoms with Crippen LogP contribution in [0.4, 0.5) is 0 Å². The fourth-order valence-corrected chi connectivity index (χ4v) is 4.59. The highest BCUT2D eigenvalue weighted by Crippen LogP contribution is 2.26.